The summed E-state index contributed by atoms with van der Waals surface area (Å²) in [5, 5.41) is 15.9. The minimum absolute atomic E-state index is 0.149. The number of ether oxygens (including phenoxy) is 1. The molecule has 2 aromatic rings. The van der Waals surface area contributed by atoms with E-state index in [0.29, 0.717) is 11.3 Å². The second-order valence-electron chi connectivity index (χ2n) is 4.17. The summed E-state index contributed by atoms with van der Waals surface area (Å²) in [5.74, 6) is -1.22. The van der Waals surface area contributed by atoms with Gasteiger partial charge in [-0.25, -0.2) is 4.79 Å². The zero-order valence-corrected chi connectivity index (χ0v) is 12.0. The van der Waals surface area contributed by atoms with Gasteiger partial charge in [-0.15, -0.1) is 11.3 Å². The molecule has 0 aliphatic heterocycles. The van der Waals surface area contributed by atoms with E-state index >= 15 is 0 Å². The van der Waals surface area contributed by atoms with Crippen molar-refractivity contribution in [3.05, 3.63) is 57.7 Å². The van der Waals surface area contributed by atoms with Crippen LogP contribution in [0.25, 0.3) is 0 Å². The molecule has 0 unspecified atom stereocenters. The van der Waals surface area contributed by atoms with Gasteiger partial charge in [0.15, 0.2) is 12.8 Å². The fraction of sp³-hybridized carbons (Fsp3) is 0.214. The van der Waals surface area contributed by atoms with E-state index in [9.17, 15) is 14.8 Å². The highest BCUT2D eigenvalue weighted by atomic mass is 32.1. The van der Waals surface area contributed by atoms with Gasteiger partial charge in [0.1, 0.15) is 0 Å². The third-order valence-electron chi connectivity index (χ3n) is 2.64. The number of nitrogens with one attached hydrogen (secondary N) is 1. The number of carbonyl (C=O) groups is 2. The molecule has 0 aliphatic carbocycles. The zero-order chi connectivity index (χ0) is 15.1. The first-order chi connectivity index (χ1) is 10.2. The van der Waals surface area contributed by atoms with Crippen LogP contribution < -0.4 is 10.0 Å². The van der Waals surface area contributed by atoms with Crippen LogP contribution in [-0.4, -0.2) is 25.0 Å². The summed E-state index contributed by atoms with van der Waals surface area (Å²) in [6.07, 6.45) is 1.92. The van der Waals surface area contributed by atoms with Crippen LogP contribution in [0.15, 0.2) is 41.9 Å². The number of rotatable bonds is 6. The average molecular weight is 306 g/mol. The summed E-state index contributed by atoms with van der Waals surface area (Å²) < 4.78 is 5.19. The van der Waals surface area contributed by atoms with E-state index in [-0.39, 0.29) is 5.69 Å². The Hall–Kier alpha value is -2.41. The van der Waals surface area contributed by atoms with Gasteiger partial charge in [0.05, 0.1) is 0 Å². The predicted octanol–water partition coefficient (Wildman–Crippen LogP) is 0.897. The smallest absolute Gasteiger partial charge is 0.405 e. The predicted molar refractivity (Wildman–Crippen MR) is 76.7 cm³/mol. The number of aromatic nitrogens is 1. The van der Waals surface area contributed by atoms with Crippen molar-refractivity contribution in [2.24, 2.45) is 0 Å². The third-order valence-corrected chi connectivity index (χ3v) is 3.58. The van der Waals surface area contributed by atoms with E-state index in [1.807, 2.05) is 17.5 Å². The van der Waals surface area contributed by atoms with Crippen LogP contribution in [0, 0.1) is 5.21 Å². The number of amides is 1. The largest absolute Gasteiger partial charge is 0.618 e. The van der Waals surface area contributed by atoms with Crippen LogP contribution in [0.4, 0.5) is 0 Å². The molecule has 0 radical (unpaired) electrons. The Morgan fingerprint density at radius 2 is 2.14 bits per heavy atom. The van der Waals surface area contributed by atoms with E-state index in [4.69, 9.17) is 4.74 Å². The number of thiophene rings is 1. The maximum Gasteiger partial charge on any atom is 0.405 e. The van der Waals surface area contributed by atoms with Gasteiger partial charge >= 0.3 is 11.7 Å². The molecule has 21 heavy (non-hydrogen) atoms. The minimum atomic E-state index is -0.820. The number of esters is 1. The highest BCUT2D eigenvalue weighted by molar-refractivity contribution is 7.09. The standard InChI is InChI=1S/C14H14N2O4S/c17-13(15-7-6-11-4-3-9-21-11)10-20-14(18)12-5-1-2-8-16(12)19/h1-5,8-9H,6-7,10H2,(H,15,17). The Morgan fingerprint density at radius 3 is 2.86 bits per heavy atom. The molecule has 2 aromatic heterocycles. The second-order valence-corrected chi connectivity index (χ2v) is 5.20. The average Bonchev–Trinajstić information content (AvgIpc) is 2.98. The van der Waals surface area contributed by atoms with Crippen LogP contribution >= 0.6 is 11.3 Å². The van der Waals surface area contributed by atoms with Crippen molar-refractivity contribution in [1.29, 1.82) is 0 Å². The molecule has 6 nitrogen and oxygen atoms in total. The zero-order valence-electron chi connectivity index (χ0n) is 11.2. The number of carbonyl (C=O) groups excluding carboxylic acids is 2. The van der Waals surface area contributed by atoms with Crippen molar-refractivity contribution in [1.82, 2.24) is 5.32 Å². The molecular weight excluding hydrogens is 292 g/mol. The second kappa shape index (κ2) is 7.39. The summed E-state index contributed by atoms with van der Waals surface area (Å²) in [6.45, 7) is 0.0714. The monoisotopic (exact) mass is 306 g/mol. The molecule has 0 aromatic carbocycles. The Labute approximate surface area is 125 Å². The van der Waals surface area contributed by atoms with E-state index in [2.05, 4.69) is 5.32 Å². The molecule has 0 saturated heterocycles. The van der Waals surface area contributed by atoms with Gasteiger partial charge in [0, 0.05) is 23.6 Å². The van der Waals surface area contributed by atoms with Gasteiger partial charge in [-0.05, 0) is 23.9 Å². The highest BCUT2D eigenvalue weighted by Gasteiger charge is 2.17. The molecule has 0 spiro atoms. The molecule has 7 heteroatoms. The van der Waals surface area contributed by atoms with Gasteiger partial charge < -0.3 is 15.3 Å². The van der Waals surface area contributed by atoms with E-state index in [0.717, 1.165) is 6.42 Å². The first-order valence-electron chi connectivity index (χ1n) is 6.31. The van der Waals surface area contributed by atoms with Crippen molar-refractivity contribution < 1.29 is 19.1 Å². The molecule has 110 valence electrons. The van der Waals surface area contributed by atoms with E-state index < -0.39 is 18.5 Å². The Kier molecular flexibility index (Phi) is 5.28. The van der Waals surface area contributed by atoms with E-state index in [1.54, 1.807) is 17.4 Å². The van der Waals surface area contributed by atoms with Crippen LogP contribution in [0.3, 0.4) is 0 Å². The first kappa shape index (κ1) is 15.0. The molecule has 0 saturated carbocycles. The van der Waals surface area contributed by atoms with Crippen molar-refractivity contribution >= 4 is 23.2 Å². The minimum Gasteiger partial charge on any atom is -0.618 e. The van der Waals surface area contributed by atoms with Crippen molar-refractivity contribution in [2.45, 2.75) is 6.42 Å². The van der Waals surface area contributed by atoms with Crippen LogP contribution in [0.2, 0.25) is 0 Å². The normalized spacial score (nSPS) is 10.1. The van der Waals surface area contributed by atoms with E-state index in [1.165, 1.54) is 23.2 Å². The Bertz CT molecular complexity index is 613. The maximum atomic E-state index is 11.6. The first-order valence-corrected chi connectivity index (χ1v) is 7.19. The molecule has 2 rings (SSSR count). The summed E-state index contributed by atoms with van der Waals surface area (Å²) in [6, 6.07) is 8.32. The molecule has 0 aliphatic rings. The molecule has 0 fully saturated rings. The van der Waals surface area contributed by atoms with Gasteiger partial charge in [-0.1, -0.05) is 6.07 Å². The fourth-order valence-corrected chi connectivity index (χ4v) is 2.33. The SMILES string of the molecule is O=C(COC(=O)c1cccc[n+]1[O-])NCCc1cccs1. The lowest BCUT2D eigenvalue weighted by Gasteiger charge is -2.06. The lowest BCUT2D eigenvalue weighted by molar-refractivity contribution is -0.608. The number of hydrogen-bond acceptors (Lipinski definition) is 5. The van der Waals surface area contributed by atoms with Crippen molar-refractivity contribution in [2.75, 3.05) is 13.2 Å². The molecular formula is C14H14N2O4S. The molecule has 1 N–H and O–H groups in total. The van der Waals surface area contributed by atoms with Crippen LogP contribution in [0.5, 0.6) is 0 Å². The lowest BCUT2D eigenvalue weighted by atomic mass is 10.3. The molecule has 1 amide bonds. The Balaban J connectivity index is 1.71. The number of nitrogens with zero attached hydrogens (tertiary/aromatic N) is 1. The van der Waals surface area contributed by atoms with Crippen LogP contribution in [0.1, 0.15) is 15.4 Å². The number of hydrogen-bond donors (Lipinski definition) is 1. The van der Waals surface area contributed by atoms with Crippen molar-refractivity contribution in [3.8, 4) is 0 Å². The lowest BCUT2D eigenvalue weighted by Crippen LogP contribution is -2.36. The van der Waals surface area contributed by atoms with Gasteiger partial charge in [0.25, 0.3) is 5.91 Å². The molecule has 2 heterocycles. The Morgan fingerprint density at radius 1 is 1.29 bits per heavy atom. The summed E-state index contributed by atoms with van der Waals surface area (Å²) in [5.41, 5.74) is -0.149. The maximum absolute atomic E-state index is 11.6. The topological polar surface area (TPSA) is 82.3 Å². The van der Waals surface area contributed by atoms with Gasteiger partial charge in [-0.2, -0.15) is 4.73 Å². The fourth-order valence-electron chi connectivity index (χ4n) is 1.62. The summed E-state index contributed by atoms with van der Waals surface area (Å²) in [7, 11) is 0. The summed E-state index contributed by atoms with van der Waals surface area (Å²) >= 11 is 1.62. The molecule has 0 bridgehead atoms. The highest BCUT2D eigenvalue weighted by Crippen LogP contribution is 2.07. The quantitative estimate of drug-likeness (QED) is 0.488. The third kappa shape index (κ3) is 4.57. The van der Waals surface area contributed by atoms with Gasteiger partial charge in [-0.3, -0.25) is 4.79 Å². The van der Waals surface area contributed by atoms with Gasteiger partial charge in [0.2, 0.25) is 0 Å². The van der Waals surface area contributed by atoms with Crippen LogP contribution in [-0.2, 0) is 16.0 Å². The summed E-state index contributed by atoms with van der Waals surface area (Å²) in [4.78, 5) is 24.3. The number of pyridine rings is 1. The van der Waals surface area contributed by atoms with Crippen molar-refractivity contribution in [3.63, 3.8) is 0 Å². The molecule has 0 atom stereocenters.